The third-order valence-electron chi connectivity index (χ3n) is 3.23. The third-order valence-corrected chi connectivity index (χ3v) is 3.23. The molecular weight excluding hydrogens is 272 g/mol. The number of hydrogen-bond donors (Lipinski definition) is 3. The molecule has 0 spiro atoms. The molecule has 110 valence electrons. The summed E-state index contributed by atoms with van der Waals surface area (Å²) in [5.41, 5.74) is 0.963. The lowest BCUT2D eigenvalue weighted by Gasteiger charge is -2.07. The Kier molecular flexibility index (Phi) is 4.33. The molecule has 2 aromatic rings. The molecule has 0 bridgehead atoms. The Hall–Kier alpha value is -2.69. The summed E-state index contributed by atoms with van der Waals surface area (Å²) >= 11 is 0. The zero-order valence-corrected chi connectivity index (χ0v) is 11.5. The summed E-state index contributed by atoms with van der Waals surface area (Å²) < 4.78 is 5.05. The highest BCUT2D eigenvalue weighted by atomic mass is 16.5. The van der Waals surface area contributed by atoms with Gasteiger partial charge in [-0.25, -0.2) is 0 Å². The van der Waals surface area contributed by atoms with Crippen molar-refractivity contribution in [3.63, 3.8) is 0 Å². The van der Waals surface area contributed by atoms with E-state index in [0.717, 1.165) is 11.3 Å². The van der Waals surface area contributed by atoms with Crippen LogP contribution in [0.2, 0.25) is 0 Å². The molecule has 0 saturated carbocycles. The number of methoxy groups -OCH3 is 1. The summed E-state index contributed by atoms with van der Waals surface area (Å²) in [5, 5.41) is 28.3. The normalized spacial score (nSPS) is 10.3. The van der Waals surface area contributed by atoms with E-state index in [1.165, 1.54) is 12.1 Å². The van der Waals surface area contributed by atoms with Crippen molar-refractivity contribution < 1.29 is 24.9 Å². The van der Waals surface area contributed by atoms with Crippen LogP contribution >= 0.6 is 0 Å². The molecule has 0 amide bonds. The highest BCUT2D eigenvalue weighted by Gasteiger charge is 2.16. The van der Waals surface area contributed by atoms with Gasteiger partial charge in [0.2, 0.25) is 5.75 Å². The Labute approximate surface area is 122 Å². The standard InChI is InChI=1S/C16H16O5/c1-21-11-5-2-10(3-6-11)4-8-13(17)12-7-9-14(18)16(20)15(12)19/h2-3,5-7,9,18-20H,4,8H2,1H3. The van der Waals surface area contributed by atoms with Gasteiger partial charge in [0.1, 0.15) is 5.75 Å². The number of rotatable bonds is 5. The van der Waals surface area contributed by atoms with E-state index >= 15 is 0 Å². The summed E-state index contributed by atoms with van der Waals surface area (Å²) in [7, 11) is 1.58. The number of phenols is 3. The van der Waals surface area contributed by atoms with Crippen molar-refractivity contribution in [3.8, 4) is 23.0 Å². The average Bonchev–Trinajstić information content (AvgIpc) is 2.51. The van der Waals surface area contributed by atoms with Gasteiger partial charge in [0.05, 0.1) is 12.7 Å². The van der Waals surface area contributed by atoms with Crippen LogP contribution in [0.1, 0.15) is 22.3 Å². The summed E-state index contributed by atoms with van der Waals surface area (Å²) in [4.78, 5) is 12.0. The van der Waals surface area contributed by atoms with Crippen molar-refractivity contribution in [2.45, 2.75) is 12.8 Å². The maximum absolute atomic E-state index is 12.0. The van der Waals surface area contributed by atoms with Crippen molar-refractivity contribution in [1.29, 1.82) is 0 Å². The second-order valence-corrected chi connectivity index (χ2v) is 4.60. The maximum atomic E-state index is 12.0. The Morgan fingerprint density at radius 2 is 1.67 bits per heavy atom. The molecule has 21 heavy (non-hydrogen) atoms. The minimum Gasteiger partial charge on any atom is -0.504 e. The third kappa shape index (κ3) is 3.25. The molecule has 0 aliphatic carbocycles. The molecule has 0 radical (unpaired) electrons. The summed E-state index contributed by atoms with van der Waals surface area (Å²) in [5.74, 6) is -1.29. The molecular formula is C16H16O5. The van der Waals surface area contributed by atoms with E-state index in [0.29, 0.717) is 6.42 Å². The number of phenolic OH excluding ortho intramolecular Hbond substituents is 3. The largest absolute Gasteiger partial charge is 0.504 e. The highest BCUT2D eigenvalue weighted by Crippen LogP contribution is 2.37. The van der Waals surface area contributed by atoms with Crippen molar-refractivity contribution >= 4 is 5.78 Å². The lowest BCUT2D eigenvalue weighted by Crippen LogP contribution is -2.02. The first kappa shape index (κ1) is 14.7. The van der Waals surface area contributed by atoms with Gasteiger partial charge in [-0.3, -0.25) is 4.79 Å². The second-order valence-electron chi connectivity index (χ2n) is 4.60. The highest BCUT2D eigenvalue weighted by molar-refractivity contribution is 5.99. The molecule has 0 aromatic heterocycles. The van der Waals surface area contributed by atoms with Gasteiger partial charge in [-0.2, -0.15) is 0 Å². The van der Waals surface area contributed by atoms with Crippen LogP contribution in [0.4, 0.5) is 0 Å². The van der Waals surface area contributed by atoms with Crippen LogP contribution in [0.5, 0.6) is 23.0 Å². The lowest BCUT2D eigenvalue weighted by molar-refractivity contribution is 0.0979. The van der Waals surface area contributed by atoms with E-state index in [2.05, 4.69) is 0 Å². The molecule has 5 heteroatoms. The molecule has 2 aromatic carbocycles. The van der Waals surface area contributed by atoms with Crippen LogP contribution in [0.25, 0.3) is 0 Å². The fourth-order valence-electron chi connectivity index (χ4n) is 1.98. The summed E-state index contributed by atoms with van der Waals surface area (Å²) in [6.07, 6.45) is 0.689. The predicted octanol–water partition coefficient (Wildman–Crippen LogP) is 2.63. The van der Waals surface area contributed by atoms with Gasteiger partial charge in [0.15, 0.2) is 17.3 Å². The first-order valence-corrected chi connectivity index (χ1v) is 6.43. The second kappa shape index (κ2) is 6.17. The van der Waals surface area contributed by atoms with Crippen LogP contribution in [0.3, 0.4) is 0 Å². The molecule has 0 aliphatic rings. The summed E-state index contributed by atoms with van der Waals surface area (Å²) in [6.45, 7) is 0. The fraction of sp³-hybridized carbons (Fsp3) is 0.188. The maximum Gasteiger partial charge on any atom is 0.201 e. The van der Waals surface area contributed by atoms with Crippen LogP contribution in [-0.4, -0.2) is 28.2 Å². The Balaban J connectivity index is 2.06. The Morgan fingerprint density at radius 3 is 2.29 bits per heavy atom. The average molecular weight is 288 g/mol. The number of carbonyl (C=O) groups is 1. The van der Waals surface area contributed by atoms with Gasteiger partial charge in [-0.05, 0) is 36.2 Å². The van der Waals surface area contributed by atoms with Gasteiger partial charge < -0.3 is 20.1 Å². The predicted molar refractivity (Wildman–Crippen MR) is 77.1 cm³/mol. The van der Waals surface area contributed by atoms with Gasteiger partial charge in [0.25, 0.3) is 0 Å². The van der Waals surface area contributed by atoms with Crippen LogP contribution in [-0.2, 0) is 6.42 Å². The number of aryl methyl sites for hydroxylation is 1. The Bertz CT molecular complexity index is 646. The number of ketones is 1. The van der Waals surface area contributed by atoms with Crippen LogP contribution in [0.15, 0.2) is 36.4 Å². The molecule has 2 rings (SSSR count). The molecule has 5 nitrogen and oxygen atoms in total. The number of Topliss-reactive ketones (excluding diaryl/α,β-unsaturated/α-hetero) is 1. The number of ether oxygens (including phenoxy) is 1. The zero-order chi connectivity index (χ0) is 15.4. The van der Waals surface area contributed by atoms with Crippen LogP contribution < -0.4 is 4.74 Å². The molecule has 0 aliphatic heterocycles. The minimum atomic E-state index is -0.676. The molecule has 0 unspecified atom stereocenters. The number of carbonyl (C=O) groups excluding carboxylic acids is 1. The molecule has 3 N–H and O–H groups in total. The van der Waals surface area contributed by atoms with E-state index in [9.17, 15) is 20.1 Å². The quantitative estimate of drug-likeness (QED) is 0.581. The van der Waals surface area contributed by atoms with Crippen molar-refractivity contribution in [2.24, 2.45) is 0 Å². The Morgan fingerprint density at radius 1 is 1.00 bits per heavy atom. The lowest BCUT2D eigenvalue weighted by atomic mass is 10.0. The summed E-state index contributed by atoms with van der Waals surface area (Å²) in [6, 6.07) is 9.81. The minimum absolute atomic E-state index is 0.00110. The first-order chi connectivity index (χ1) is 10.0. The first-order valence-electron chi connectivity index (χ1n) is 6.43. The molecule has 0 fully saturated rings. The van der Waals surface area contributed by atoms with Crippen molar-refractivity contribution in [3.05, 3.63) is 47.5 Å². The van der Waals surface area contributed by atoms with E-state index < -0.39 is 17.2 Å². The van der Waals surface area contributed by atoms with E-state index in [-0.39, 0.29) is 17.8 Å². The topological polar surface area (TPSA) is 87.0 Å². The molecule has 0 heterocycles. The van der Waals surface area contributed by atoms with E-state index in [1.54, 1.807) is 7.11 Å². The zero-order valence-electron chi connectivity index (χ0n) is 11.5. The van der Waals surface area contributed by atoms with Gasteiger partial charge >= 0.3 is 0 Å². The molecule has 0 atom stereocenters. The van der Waals surface area contributed by atoms with Crippen molar-refractivity contribution in [1.82, 2.24) is 0 Å². The van der Waals surface area contributed by atoms with E-state index in [1.807, 2.05) is 24.3 Å². The van der Waals surface area contributed by atoms with Gasteiger partial charge in [-0.1, -0.05) is 12.1 Å². The monoisotopic (exact) mass is 288 g/mol. The number of benzene rings is 2. The fourth-order valence-corrected chi connectivity index (χ4v) is 1.98. The van der Waals surface area contributed by atoms with Crippen LogP contribution in [0, 0.1) is 0 Å². The number of hydrogen-bond acceptors (Lipinski definition) is 5. The van der Waals surface area contributed by atoms with E-state index in [4.69, 9.17) is 4.74 Å². The van der Waals surface area contributed by atoms with Gasteiger partial charge in [0, 0.05) is 6.42 Å². The molecule has 0 saturated heterocycles. The SMILES string of the molecule is COc1ccc(CCC(=O)c2ccc(O)c(O)c2O)cc1. The van der Waals surface area contributed by atoms with Crippen molar-refractivity contribution in [2.75, 3.05) is 7.11 Å². The smallest absolute Gasteiger partial charge is 0.201 e. The number of aromatic hydroxyl groups is 3. The van der Waals surface area contributed by atoms with Gasteiger partial charge in [-0.15, -0.1) is 0 Å².